The predicted octanol–water partition coefficient (Wildman–Crippen LogP) is 3.87. The maximum atomic E-state index is 12.3. The summed E-state index contributed by atoms with van der Waals surface area (Å²) in [5, 5.41) is 2.64. The number of nitrogens with two attached hydrogens (primary N) is 1. The molecule has 1 atom stereocenters. The van der Waals surface area contributed by atoms with Gasteiger partial charge in [0.1, 0.15) is 5.75 Å². The van der Waals surface area contributed by atoms with Gasteiger partial charge >= 0.3 is 6.18 Å². The van der Waals surface area contributed by atoms with Crippen LogP contribution in [0.2, 0.25) is 0 Å². The van der Waals surface area contributed by atoms with Crippen LogP contribution in [-0.4, -0.2) is 24.7 Å². The van der Waals surface area contributed by atoms with Crippen molar-refractivity contribution in [2.24, 2.45) is 5.73 Å². The molecule has 0 radical (unpaired) electrons. The zero-order valence-corrected chi connectivity index (χ0v) is 14.9. The van der Waals surface area contributed by atoms with Gasteiger partial charge in [0.2, 0.25) is 5.91 Å². The molecule has 0 saturated carbocycles. The standard InChI is InChI=1S/C18H19F3N2O2.ClH/c1-12-15(8-5-9-16(12)25-11-18(19,20)21)23-17(24)14(22)10-13-6-3-2-4-7-13;/h2-9,14H,10-11,22H2,1H3,(H,23,24);1H/t14-;/m0./s1. The molecule has 0 aliphatic heterocycles. The van der Waals surface area contributed by atoms with Crippen LogP contribution < -0.4 is 15.8 Å². The summed E-state index contributed by atoms with van der Waals surface area (Å²) in [6, 6.07) is 13.0. The van der Waals surface area contributed by atoms with E-state index in [9.17, 15) is 18.0 Å². The first-order chi connectivity index (χ1) is 11.8. The third-order valence-corrected chi connectivity index (χ3v) is 3.57. The molecule has 0 fully saturated rings. The molecule has 0 saturated heterocycles. The van der Waals surface area contributed by atoms with Crippen molar-refractivity contribution in [2.75, 3.05) is 11.9 Å². The lowest BCUT2D eigenvalue weighted by Crippen LogP contribution is -2.37. The van der Waals surface area contributed by atoms with Crippen molar-refractivity contribution >= 4 is 24.0 Å². The first-order valence-corrected chi connectivity index (χ1v) is 7.66. The van der Waals surface area contributed by atoms with Crippen molar-refractivity contribution in [2.45, 2.75) is 25.6 Å². The number of halogens is 4. The van der Waals surface area contributed by atoms with Crippen LogP contribution in [-0.2, 0) is 11.2 Å². The van der Waals surface area contributed by atoms with E-state index in [2.05, 4.69) is 5.32 Å². The molecular weight excluding hydrogens is 369 g/mol. The maximum absolute atomic E-state index is 12.3. The summed E-state index contributed by atoms with van der Waals surface area (Å²) < 4.78 is 41.6. The number of rotatable bonds is 6. The zero-order chi connectivity index (χ0) is 18.4. The molecule has 0 aliphatic rings. The van der Waals surface area contributed by atoms with E-state index in [-0.39, 0.29) is 18.2 Å². The van der Waals surface area contributed by atoms with Crippen LogP contribution in [0.5, 0.6) is 5.75 Å². The molecule has 0 aliphatic carbocycles. The van der Waals surface area contributed by atoms with Gasteiger partial charge < -0.3 is 15.8 Å². The number of hydrogen-bond donors (Lipinski definition) is 2. The zero-order valence-electron chi connectivity index (χ0n) is 14.0. The smallest absolute Gasteiger partial charge is 0.422 e. The first kappa shape index (κ1) is 21.8. The Morgan fingerprint density at radius 2 is 1.81 bits per heavy atom. The number of ether oxygens (including phenoxy) is 1. The number of anilines is 1. The quantitative estimate of drug-likeness (QED) is 0.789. The van der Waals surface area contributed by atoms with Crippen LogP contribution in [0.15, 0.2) is 48.5 Å². The monoisotopic (exact) mass is 388 g/mol. The molecule has 142 valence electrons. The van der Waals surface area contributed by atoms with Gasteiger partial charge in [-0.05, 0) is 31.0 Å². The molecule has 8 heteroatoms. The molecule has 0 bridgehead atoms. The minimum Gasteiger partial charge on any atom is -0.484 e. The predicted molar refractivity (Wildman–Crippen MR) is 96.7 cm³/mol. The fourth-order valence-electron chi connectivity index (χ4n) is 2.25. The number of benzene rings is 2. The fraction of sp³-hybridized carbons (Fsp3) is 0.278. The molecule has 3 N–H and O–H groups in total. The van der Waals surface area contributed by atoms with Crippen molar-refractivity contribution in [1.29, 1.82) is 0 Å². The molecule has 1 amide bonds. The highest BCUT2D eigenvalue weighted by Crippen LogP contribution is 2.27. The minimum atomic E-state index is -4.43. The fourth-order valence-corrected chi connectivity index (χ4v) is 2.25. The van der Waals surface area contributed by atoms with Gasteiger partial charge in [0.15, 0.2) is 6.61 Å². The van der Waals surface area contributed by atoms with Crippen molar-refractivity contribution < 1.29 is 22.7 Å². The Balaban J connectivity index is 0.00000338. The Hall–Kier alpha value is -2.25. The van der Waals surface area contributed by atoms with Crippen LogP contribution in [0.4, 0.5) is 18.9 Å². The van der Waals surface area contributed by atoms with Gasteiger partial charge in [0.25, 0.3) is 0 Å². The van der Waals surface area contributed by atoms with Gasteiger partial charge in [-0.15, -0.1) is 12.4 Å². The number of hydrogen-bond acceptors (Lipinski definition) is 3. The number of carbonyl (C=O) groups excluding carboxylic acids is 1. The highest BCUT2D eigenvalue weighted by Gasteiger charge is 2.28. The van der Waals surface area contributed by atoms with Crippen molar-refractivity contribution in [3.63, 3.8) is 0 Å². The average molecular weight is 389 g/mol. The molecule has 4 nitrogen and oxygen atoms in total. The van der Waals surface area contributed by atoms with Crippen molar-refractivity contribution in [3.05, 3.63) is 59.7 Å². The average Bonchev–Trinajstić information content (AvgIpc) is 2.55. The topological polar surface area (TPSA) is 64.4 Å². The molecule has 2 aromatic carbocycles. The maximum Gasteiger partial charge on any atom is 0.422 e. The molecular formula is C18H20ClF3N2O2. The van der Waals surface area contributed by atoms with E-state index in [0.717, 1.165) is 5.56 Å². The van der Waals surface area contributed by atoms with Gasteiger partial charge in [-0.25, -0.2) is 0 Å². The summed E-state index contributed by atoms with van der Waals surface area (Å²) in [5.41, 5.74) is 7.61. The van der Waals surface area contributed by atoms with E-state index in [0.29, 0.717) is 17.7 Å². The summed E-state index contributed by atoms with van der Waals surface area (Å²) in [6.07, 6.45) is -4.07. The van der Waals surface area contributed by atoms with Crippen LogP contribution in [0.1, 0.15) is 11.1 Å². The highest BCUT2D eigenvalue weighted by atomic mass is 35.5. The van der Waals surface area contributed by atoms with Gasteiger partial charge in [0, 0.05) is 11.3 Å². The lowest BCUT2D eigenvalue weighted by atomic mass is 10.1. The summed E-state index contributed by atoms with van der Waals surface area (Å²) in [4.78, 5) is 12.2. The van der Waals surface area contributed by atoms with Gasteiger partial charge in [0.05, 0.1) is 6.04 Å². The third-order valence-electron chi connectivity index (χ3n) is 3.57. The van der Waals surface area contributed by atoms with Crippen LogP contribution in [0.25, 0.3) is 0 Å². The van der Waals surface area contributed by atoms with E-state index in [1.165, 1.54) is 12.1 Å². The lowest BCUT2D eigenvalue weighted by molar-refractivity contribution is -0.153. The highest BCUT2D eigenvalue weighted by molar-refractivity contribution is 5.95. The second-order valence-electron chi connectivity index (χ2n) is 5.62. The summed E-state index contributed by atoms with van der Waals surface area (Å²) in [5.74, 6) is -0.355. The normalized spacial score (nSPS) is 12.0. The van der Waals surface area contributed by atoms with E-state index in [1.807, 2.05) is 30.3 Å². The number of amides is 1. The molecule has 0 unspecified atom stereocenters. The number of alkyl halides is 3. The second kappa shape index (κ2) is 9.45. The third kappa shape index (κ3) is 6.57. The number of carbonyl (C=O) groups is 1. The summed E-state index contributed by atoms with van der Waals surface area (Å²) >= 11 is 0. The largest absolute Gasteiger partial charge is 0.484 e. The molecule has 2 aromatic rings. The first-order valence-electron chi connectivity index (χ1n) is 7.66. The Bertz CT molecular complexity index is 724. The van der Waals surface area contributed by atoms with E-state index in [1.54, 1.807) is 13.0 Å². The van der Waals surface area contributed by atoms with Crippen LogP contribution >= 0.6 is 12.4 Å². The number of nitrogens with one attached hydrogen (secondary N) is 1. The van der Waals surface area contributed by atoms with Crippen molar-refractivity contribution in [1.82, 2.24) is 0 Å². The Morgan fingerprint density at radius 3 is 2.42 bits per heavy atom. The van der Waals surface area contributed by atoms with Crippen molar-refractivity contribution in [3.8, 4) is 5.75 Å². The Labute approximate surface area is 155 Å². The van der Waals surface area contributed by atoms with Gasteiger partial charge in [-0.3, -0.25) is 4.79 Å². The molecule has 2 rings (SSSR count). The minimum absolute atomic E-state index is 0. The van der Waals surface area contributed by atoms with Crippen LogP contribution in [0, 0.1) is 6.92 Å². The summed E-state index contributed by atoms with van der Waals surface area (Å²) in [6.45, 7) is 0.183. The Morgan fingerprint density at radius 1 is 1.15 bits per heavy atom. The molecule has 0 heterocycles. The van der Waals surface area contributed by atoms with E-state index >= 15 is 0 Å². The summed E-state index contributed by atoms with van der Waals surface area (Å²) in [7, 11) is 0. The second-order valence-corrected chi connectivity index (χ2v) is 5.62. The lowest BCUT2D eigenvalue weighted by Gasteiger charge is -2.16. The van der Waals surface area contributed by atoms with Gasteiger partial charge in [-0.2, -0.15) is 13.2 Å². The van der Waals surface area contributed by atoms with E-state index in [4.69, 9.17) is 10.5 Å². The van der Waals surface area contributed by atoms with Crippen LogP contribution in [0.3, 0.4) is 0 Å². The molecule has 0 aromatic heterocycles. The molecule has 0 spiro atoms. The van der Waals surface area contributed by atoms with E-state index < -0.39 is 24.7 Å². The SMILES string of the molecule is Cc1c(NC(=O)[C@@H](N)Cc2ccccc2)cccc1OCC(F)(F)F.Cl. The van der Waals surface area contributed by atoms with Gasteiger partial charge in [-0.1, -0.05) is 36.4 Å². The molecule has 26 heavy (non-hydrogen) atoms. The Kier molecular flexibility index (Phi) is 7.92.